The molecule has 124 valence electrons. The quantitative estimate of drug-likeness (QED) is 0.807. The second-order valence-corrected chi connectivity index (χ2v) is 7.22. The maximum absolute atomic E-state index is 12.0. The Morgan fingerprint density at radius 2 is 1.73 bits per heavy atom. The number of likely N-dealkylation sites (tertiary alicyclic amines) is 1. The Bertz CT molecular complexity index is 395. The summed E-state index contributed by atoms with van der Waals surface area (Å²) >= 11 is 0. The summed E-state index contributed by atoms with van der Waals surface area (Å²) in [4.78, 5) is 26.0. The number of piperidine rings is 2. The number of hydrogen-bond donors (Lipinski definition) is 2. The predicted molar refractivity (Wildman–Crippen MR) is 85.3 cm³/mol. The SMILES string of the molecule is O=C(CC1CC2CCC(C1)N2)NCCC(=O)N1CCCCC1. The molecule has 3 aliphatic heterocycles. The molecule has 5 nitrogen and oxygen atoms in total. The first-order valence-corrected chi connectivity index (χ1v) is 9.01. The lowest BCUT2D eigenvalue weighted by atomic mass is 9.89. The summed E-state index contributed by atoms with van der Waals surface area (Å²) in [5.41, 5.74) is 0. The molecule has 3 fully saturated rings. The zero-order chi connectivity index (χ0) is 15.4. The Morgan fingerprint density at radius 1 is 1.05 bits per heavy atom. The standard InChI is InChI=1S/C17H29N3O2/c21-16(12-13-10-14-4-5-15(11-13)19-14)18-7-6-17(22)20-8-2-1-3-9-20/h13-15,19H,1-12H2,(H,18,21). The van der Waals surface area contributed by atoms with E-state index in [1.807, 2.05) is 4.90 Å². The van der Waals surface area contributed by atoms with Gasteiger partial charge < -0.3 is 15.5 Å². The summed E-state index contributed by atoms with van der Waals surface area (Å²) in [6.07, 6.45) is 9.37. The third kappa shape index (κ3) is 4.22. The van der Waals surface area contributed by atoms with Gasteiger partial charge >= 0.3 is 0 Å². The number of carbonyl (C=O) groups excluding carboxylic acids is 2. The van der Waals surface area contributed by atoms with Gasteiger partial charge in [-0.05, 0) is 50.9 Å². The molecule has 2 unspecified atom stereocenters. The van der Waals surface area contributed by atoms with Crippen LogP contribution >= 0.6 is 0 Å². The third-order valence-corrected chi connectivity index (χ3v) is 5.41. The smallest absolute Gasteiger partial charge is 0.224 e. The van der Waals surface area contributed by atoms with Crippen LogP contribution < -0.4 is 10.6 Å². The molecule has 0 aromatic rings. The van der Waals surface area contributed by atoms with Crippen molar-refractivity contribution >= 4 is 11.8 Å². The number of rotatable bonds is 5. The van der Waals surface area contributed by atoms with Gasteiger partial charge in [0.2, 0.25) is 11.8 Å². The van der Waals surface area contributed by atoms with Gasteiger partial charge in [-0.3, -0.25) is 9.59 Å². The molecule has 3 aliphatic rings. The van der Waals surface area contributed by atoms with Crippen LogP contribution in [0.5, 0.6) is 0 Å². The van der Waals surface area contributed by atoms with Crippen molar-refractivity contribution in [2.24, 2.45) is 5.92 Å². The summed E-state index contributed by atoms with van der Waals surface area (Å²) in [5.74, 6) is 0.842. The summed E-state index contributed by atoms with van der Waals surface area (Å²) in [5, 5.41) is 6.55. The Hall–Kier alpha value is -1.10. The molecule has 3 rings (SSSR count). The lowest BCUT2D eigenvalue weighted by Gasteiger charge is -2.28. The topological polar surface area (TPSA) is 61.4 Å². The van der Waals surface area contributed by atoms with Crippen LogP contribution in [-0.2, 0) is 9.59 Å². The van der Waals surface area contributed by atoms with Gasteiger partial charge in [0.15, 0.2) is 0 Å². The van der Waals surface area contributed by atoms with Gasteiger partial charge in [0.1, 0.15) is 0 Å². The van der Waals surface area contributed by atoms with Crippen LogP contribution in [0, 0.1) is 5.92 Å². The van der Waals surface area contributed by atoms with E-state index in [4.69, 9.17) is 0 Å². The normalized spacial score (nSPS) is 31.1. The van der Waals surface area contributed by atoms with Gasteiger partial charge in [0.25, 0.3) is 0 Å². The second kappa shape index (κ2) is 7.44. The van der Waals surface area contributed by atoms with Crippen molar-refractivity contribution in [2.45, 2.75) is 69.9 Å². The van der Waals surface area contributed by atoms with Gasteiger partial charge in [-0.25, -0.2) is 0 Å². The molecule has 0 aliphatic carbocycles. The zero-order valence-electron chi connectivity index (χ0n) is 13.5. The maximum atomic E-state index is 12.0. The van der Waals surface area contributed by atoms with E-state index in [1.165, 1.54) is 19.3 Å². The largest absolute Gasteiger partial charge is 0.356 e. The van der Waals surface area contributed by atoms with Crippen molar-refractivity contribution in [1.82, 2.24) is 15.5 Å². The molecule has 5 heteroatoms. The number of hydrogen-bond acceptors (Lipinski definition) is 3. The Morgan fingerprint density at radius 3 is 2.41 bits per heavy atom. The highest BCUT2D eigenvalue weighted by Gasteiger charge is 2.34. The van der Waals surface area contributed by atoms with Crippen LogP contribution in [0.25, 0.3) is 0 Å². The molecular formula is C17H29N3O2. The molecule has 3 saturated heterocycles. The van der Waals surface area contributed by atoms with E-state index < -0.39 is 0 Å². The van der Waals surface area contributed by atoms with Crippen molar-refractivity contribution in [1.29, 1.82) is 0 Å². The fraction of sp³-hybridized carbons (Fsp3) is 0.882. The number of amides is 2. The van der Waals surface area contributed by atoms with E-state index in [0.29, 0.717) is 37.4 Å². The first-order valence-electron chi connectivity index (χ1n) is 9.01. The fourth-order valence-corrected chi connectivity index (χ4v) is 4.29. The van der Waals surface area contributed by atoms with Crippen molar-refractivity contribution < 1.29 is 9.59 Å². The molecule has 22 heavy (non-hydrogen) atoms. The molecule has 0 saturated carbocycles. The molecule has 0 aromatic carbocycles. The first kappa shape index (κ1) is 15.8. The average molecular weight is 307 g/mol. The molecule has 0 radical (unpaired) electrons. The highest BCUT2D eigenvalue weighted by molar-refractivity contribution is 5.79. The molecule has 2 amide bonds. The molecular weight excluding hydrogens is 278 g/mol. The highest BCUT2D eigenvalue weighted by Crippen LogP contribution is 2.32. The van der Waals surface area contributed by atoms with Crippen LogP contribution in [0.4, 0.5) is 0 Å². The van der Waals surface area contributed by atoms with E-state index in [9.17, 15) is 9.59 Å². The number of carbonyl (C=O) groups is 2. The van der Waals surface area contributed by atoms with Crippen molar-refractivity contribution in [3.8, 4) is 0 Å². The van der Waals surface area contributed by atoms with Crippen molar-refractivity contribution in [2.75, 3.05) is 19.6 Å². The number of nitrogens with zero attached hydrogens (tertiary/aromatic N) is 1. The number of nitrogens with one attached hydrogen (secondary N) is 2. The third-order valence-electron chi connectivity index (χ3n) is 5.41. The van der Waals surface area contributed by atoms with Crippen molar-refractivity contribution in [3.63, 3.8) is 0 Å². The van der Waals surface area contributed by atoms with Gasteiger partial charge in [0, 0.05) is 44.6 Å². The number of fused-ring (bicyclic) bond motifs is 2. The van der Waals surface area contributed by atoms with Crippen LogP contribution in [0.3, 0.4) is 0 Å². The zero-order valence-corrected chi connectivity index (χ0v) is 13.5. The summed E-state index contributed by atoms with van der Waals surface area (Å²) < 4.78 is 0. The van der Waals surface area contributed by atoms with Gasteiger partial charge in [-0.15, -0.1) is 0 Å². The molecule has 0 spiro atoms. The molecule has 2 atom stereocenters. The van der Waals surface area contributed by atoms with E-state index in [2.05, 4.69) is 10.6 Å². The van der Waals surface area contributed by atoms with Gasteiger partial charge in [0.05, 0.1) is 0 Å². The Labute approximate surface area is 133 Å². The van der Waals surface area contributed by atoms with Crippen LogP contribution in [0.2, 0.25) is 0 Å². The Balaban J connectivity index is 1.31. The minimum absolute atomic E-state index is 0.123. The van der Waals surface area contributed by atoms with E-state index in [-0.39, 0.29) is 11.8 Å². The monoisotopic (exact) mass is 307 g/mol. The lowest BCUT2D eigenvalue weighted by molar-refractivity contribution is -0.132. The van der Waals surface area contributed by atoms with E-state index in [0.717, 1.165) is 38.8 Å². The minimum atomic E-state index is 0.123. The first-order chi connectivity index (χ1) is 10.7. The molecule has 3 heterocycles. The average Bonchev–Trinajstić information content (AvgIpc) is 2.87. The maximum Gasteiger partial charge on any atom is 0.224 e. The molecule has 2 bridgehead atoms. The summed E-state index contributed by atoms with van der Waals surface area (Å²) in [6.45, 7) is 2.28. The van der Waals surface area contributed by atoms with Crippen LogP contribution in [-0.4, -0.2) is 48.4 Å². The van der Waals surface area contributed by atoms with Gasteiger partial charge in [-0.1, -0.05) is 0 Å². The lowest BCUT2D eigenvalue weighted by Crippen LogP contribution is -2.40. The van der Waals surface area contributed by atoms with Crippen LogP contribution in [0.15, 0.2) is 0 Å². The van der Waals surface area contributed by atoms with Crippen LogP contribution in [0.1, 0.15) is 57.8 Å². The van der Waals surface area contributed by atoms with E-state index >= 15 is 0 Å². The molecule has 2 N–H and O–H groups in total. The van der Waals surface area contributed by atoms with Gasteiger partial charge in [-0.2, -0.15) is 0 Å². The fourth-order valence-electron chi connectivity index (χ4n) is 4.29. The van der Waals surface area contributed by atoms with Crippen molar-refractivity contribution in [3.05, 3.63) is 0 Å². The minimum Gasteiger partial charge on any atom is -0.356 e. The Kier molecular flexibility index (Phi) is 5.34. The van der Waals surface area contributed by atoms with E-state index in [1.54, 1.807) is 0 Å². The predicted octanol–water partition coefficient (Wildman–Crippen LogP) is 1.43. The second-order valence-electron chi connectivity index (χ2n) is 7.22. The summed E-state index contributed by atoms with van der Waals surface area (Å²) in [6, 6.07) is 1.27. The molecule has 0 aromatic heterocycles. The summed E-state index contributed by atoms with van der Waals surface area (Å²) in [7, 11) is 0. The highest BCUT2D eigenvalue weighted by atomic mass is 16.2.